The van der Waals surface area contributed by atoms with Gasteiger partial charge >= 0.3 is 6.18 Å². The van der Waals surface area contributed by atoms with Crippen LogP contribution in [0.25, 0.3) is 0 Å². The predicted octanol–water partition coefficient (Wildman–Crippen LogP) is 2.07. The molecule has 6 heteroatoms. The molecule has 1 aromatic rings. The second-order valence-corrected chi connectivity index (χ2v) is 3.64. The smallest absolute Gasteiger partial charge is 0.370 e. The number of halogens is 3. The van der Waals surface area contributed by atoms with Crippen molar-refractivity contribution in [1.82, 2.24) is 0 Å². The fraction of sp³-hybridized carbons (Fsp3) is 0.364. The van der Waals surface area contributed by atoms with E-state index in [9.17, 15) is 18.0 Å². The van der Waals surface area contributed by atoms with Gasteiger partial charge in [-0.2, -0.15) is 13.2 Å². The molecule has 1 saturated heterocycles. The summed E-state index contributed by atoms with van der Waals surface area (Å²) in [6.45, 7) is 0.734. The van der Waals surface area contributed by atoms with Crippen molar-refractivity contribution in [2.24, 2.45) is 0 Å². The highest BCUT2D eigenvalue weighted by Gasteiger charge is 2.30. The van der Waals surface area contributed by atoms with Crippen LogP contribution in [0.4, 0.5) is 18.9 Å². The number of hydrogen-bond acceptors (Lipinski definition) is 2. The Hall–Kier alpha value is -1.56. The maximum Gasteiger partial charge on any atom is 0.416 e. The largest absolute Gasteiger partial charge is 0.416 e. The van der Waals surface area contributed by atoms with E-state index in [4.69, 9.17) is 4.74 Å². The SMILES string of the molecule is O=C1COCCN1c1ccc(C(F)(F)F)cc1. The first-order chi connectivity index (χ1) is 7.98. The van der Waals surface area contributed by atoms with Crippen molar-refractivity contribution >= 4 is 11.6 Å². The van der Waals surface area contributed by atoms with E-state index >= 15 is 0 Å². The van der Waals surface area contributed by atoms with Crippen LogP contribution < -0.4 is 4.90 Å². The van der Waals surface area contributed by atoms with Crippen LogP contribution >= 0.6 is 0 Å². The van der Waals surface area contributed by atoms with Crippen molar-refractivity contribution < 1.29 is 22.7 Å². The summed E-state index contributed by atoms with van der Waals surface area (Å²) < 4.78 is 42.0. The third-order valence-corrected chi connectivity index (χ3v) is 2.49. The standard InChI is InChI=1S/C11H10F3NO2/c12-11(13,14)8-1-3-9(4-2-8)15-5-6-17-7-10(15)16/h1-4H,5-7H2. The fourth-order valence-corrected chi connectivity index (χ4v) is 1.62. The van der Waals surface area contributed by atoms with Crippen molar-refractivity contribution in [3.05, 3.63) is 29.8 Å². The lowest BCUT2D eigenvalue weighted by Gasteiger charge is -2.27. The molecule has 0 unspecified atom stereocenters. The van der Waals surface area contributed by atoms with Gasteiger partial charge in [0.2, 0.25) is 0 Å². The summed E-state index contributed by atoms with van der Waals surface area (Å²) in [6.07, 6.45) is -4.35. The van der Waals surface area contributed by atoms with Crippen molar-refractivity contribution in [2.45, 2.75) is 6.18 Å². The number of nitrogens with zero attached hydrogens (tertiary/aromatic N) is 1. The molecule has 92 valence electrons. The number of rotatable bonds is 1. The molecular formula is C11H10F3NO2. The number of alkyl halides is 3. The highest BCUT2D eigenvalue weighted by atomic mass is 19.4. The molecule has 0 radical (unpaired) electrons. The molecule has 1 fully saturated rings. The van der Waals surface area contributed by atoms with E-state index in [1.807, 2.05) is 0 Å². The van der Waals surface area contributed by atoms with Crippen LogP contribution in [0.5, 0.6) is 0 Å². The second-order valence-electron chi connectivity index (χ2n) is 3.64. The first kappa shape index (κ1) is 11.9. The highest BCUT2D eigenvalue weighted by Crippen LogP contribution is 2.30. The van der Waals surface area contributed by atoms with Gasteiger partial charge in [0, 0.05) is 12.2 Å². The van der Waals surface area contributed by atoms with Crippen LogP contribution in [0, 0.1) is 0 Å². The number of ether oxygens (including phenoxy) is 1. The normalized spacial score (nSPS) is 17.4. The zero-order valence-corrected chi connectivity index (χ0v) is 8.83. The molecular weight excluding hydrogens is 235 g/mol. The molecule has 0 N–H and O–H groups in total. The minimum atomic E-state index is -4.35. The van der Waals surface area contributed by atoms with Gasteiger partial charge in [0.05, 0.1) is 12.2 Å². The minimum absolute atomic E-state index is 0.0268. The predicted molar refractivity (Wildman–Crippen MR) is 54.6 cm³/mol. The molecule has 1 heterocycles. The van der Waals surface area contributed by atoms with E-state index in [0.717, 1.165) is 12.1 Å². The summed E-state index contributed by atoms with van der Waals surface area (Å²) in [5.41, 5.74) is -0.256. The van der Waals surface area contributed by atoms with E-state index < -0.39 is 11.7 Å². The fourth-order valence-electron chi connectivity index (χ4n) is 1.62. The average molecular weight is 245 g/mol. The van der Waals surface area contributed by atoms with E-state index in [1.54, 1.807) is 0 Å². The Morgan fingerprint density at radius 1 is 1.18 bits per heavy atom. The molecule has 0 bridgehead atoms. The van der Waals surface area contributed by atoms with E-state index in [2.05, 4.69) is 0 Å². The summed E-state index contributed by atoms with van der Waals surface area (Å²) >= 11 is 0. The number of carbonyl (C=O) groups is 1. The summed E-state index contributed by atoms with van der Waals surface area (Å²) in [4.78, 5) is 12.9. The van der Waals surface area contributed by atoms with Gasteiger partial charge in [-0.05, 0) is 24.3 Å². The Morgan fingerprint density at radius 2 is 1.82 bits per heavy atom. The molecule has 0 aromatic heterocycles. The molecule has 0 spiro atoms. The van der Waals surface area contributed by atoms with Crippen LogP contribution in [-0.4, -0.2) is 25.7 Å². The van der Waals surface area contributed by atoms with Gasteiger partial charge < -0.3 is 9.64 Å². The lowest BCUT2D eigenvalue weighted by molar-refractivity contribution is -0.137. The Kier molecular flexibility index (Phi) is 3.06. The topological polar surface area (TPSA) is 29.5 Å². The van der Waals surface area contributed by atoms with Gasteiger partial charge in [-0.1, -0.05) is 0 Å². The van der Waals surface area contributed by atoms with Crippen LogP contribution in [0.15, 0.2) is 24.3 Å². The van der Waals surface area contributed by atoms with Crippen LogP contribution in [-0.2, 0) is 15.7 Å². The third kappa shape index (κ3) is 2.58. The Morgan fingerprint density at radius 3 is 2.35 bits per heavy atom. The molecule has 1 aliphatic heterocycles. The molecule has 17 heavy (non-hydrogen) atoms. The number of morpholine rings is 1. The van der Waals surface area contributed by atoms with Gasteiger partial charge in [-0.25, -0.2) is 0 Å². The van der Waals surface area contributed by atoms with Crippen molar-refractivity contribution in [3.63, 3.8) is 0 Å². The van der Waals surface area contributed by atoms with Crippen LogP contribution in [0.3, 0.4) is 0 Å². The Balaban J connectivity index is 2.20. The van der Waals surface area contributed by atoms with E-state index in [0.29, 0.717) is 18.8 Å². The van der Waals surface area contributed by atoms with Crippen LogP contribution in [0.2, 0.25) is 0 Å². The van der Waals surface area contributed by atoms with Crippen LogP contribution in [0.1, 0.15) is 5.56 Å². The molecule has 3 nitrogen and oxygen atoms in total. The lowest BCUT2D eigenvalue weighted by Crippen LogP contribution is -2.41. The van der Waals surface area contributed by atoms with Crippen molar-refractivity contribution in [3.8, 4) is 0 Å². The summed E-state index contributed by atoms with van der Waals surface area (Å²) in [6, 6.07) is 4.54. The molecule has 1 aromatic carbocycles. The lowest BCUT2D eigenvalue weighted by atomic mass is 10.2. The van der Waals surface area contributed by atoms with E-state index in [-0.39, 0.29) is 12.5 Å². The second kappa shape index (κ2) is 4.37. The van der Waals surface area contributed by atoms with E-state index in [1.165, 1.54) is 17.0 Å². The number of amides is 1. The number of hydrogen-bond donors (Lipinski definition) is 0. The zero-order chi connectivity index (χ0) is 12.5. The molecule has 0 aliphatic carbocycles. The summed E-state index contributed by atoms with van der Waals surface area (Å²) in [5.74, 6) is -0.240. The monoisotopic (exact) mass is 245 g/mol. The van der Waals surface area contributed by atoms with Gasteiger partial charge in [0.15, 0.2) is 0 Å². The minimum Gasteiger partial charge on any atom is -0.370 e. The van der Waals surface area contributed by atoms with Crippen molar-refractivity contribution in [1.29, 1.82) is 0 Å². The van der Waals surface area contributed by atoms with Gasteiger partial charge in [-0.3, -0.25) is 4.79 Å². The number of carbonyl (C=O) groups excluding carboxylic acids is 1. The average Bonchev–Trinajstić information content (AvgIpc) is 2.29. The third-order valence-electron chi connectivity index (χ3n) is 2.49. The molecule has 0 atom stereocenters. The Bertz CT molecular complexity index is 414. The molecule has 1 aliphatic rings. The summed E-state index contributed by atoms with van der Waals surface area (Å²) in [7, 11) is 0. The first-order valence-corrected chi connectivity index (χ1v) is 5.04. The van der Waals surface area contributed by atoms with Gasteiger partial charge in [-0.15, -0.1) is 0 Å². The Labute approximate surface area is 95.8 Å². The molecule has 1 amide bonds. The summed E-state index contributed by atoms with van der Waals surface area (Å²) in [5, 5.41) is 0. The van der Waals surface area contributed by atoms with Crippen molar-refractivity contribution in [2.75, 3.05) is 24.7 Å². The quantitative estimate of drug-likeness (QED) is 0.758. The zero-order valence-electron chi connectivity index (χ0n) is 8.83. The first-order valence-electron chi connectivity index (χ1n) is 5.04. The number of benzene rings is 1. The van der Waals surface area contributed by atoms with Gasteiger partial charge in [0.1, 0.15) is 6.61 Å². The maximum atomic E-state index is 12.3. The maximum absolute atomic E-state index is 12.3. The molecule has 2 rings (SSSR count). The number of anilines is 1. The molecule has 0 saturated carbocycles. The van der Waals surface area contributed by atoms with Gasteiger partial charge in [0.25, 0.3) is 5.91 Å². The highest BCUT2D eigenvalue weighted by molar-refractivity contribution is 5.94.